The van der Waals surface area contributed by atoms with Crippen LogP contribution >= 0.6 is 12.8 Å². The summed E-state index contributed by atoms with van der Waals surface area (Å²) in [5.74, 6) is -0.233. The largest absolute Gasteiger partial charge is 0.457 e. The third-order valence-corrected chi connectivity index (χ3v) is 3.86. The number of ether oxygens (including phenoxy) is 1. The van der Waals surface area contributed by atoms with Crippen LogP contribution in [0.2, 0.25) is 0 Å². The molecule has 1 heterocycles. The number of nitrogens with one attached hydrogen (secondary N) is 1. The molecule has 3 aromatic rings. The van der Waals surface area contributed by atoms with Gasteiger partial charge >= 0.3 is 12.0 Å². The average Bonchev–Trinajstić information content (AvgIpc) is 3.23. The van der Waals surface area contributed by atoms with Crippen LogP contribution in [0.1, 0.15) is 16.1 Å². The van der Waals surface area contributed by atoms with Crippen LogP contribution < -0.4 is 14.4 Å². The number of anilines is 2. The maximum absolute atomic E-state index is 12.3. The molecule has 0 radical (unpaired) electrons. The molecule has 2 aromatic carbocycles. The Morgan fingerprint density at radius 3 is 2.56 bits per heavy atom. The van der Waals surface area contributed by atoms with Crippen molar-refractivity contribution in [2.75, 3.05) is 9.62 Å². The molecule has 2 amide bonds. The normalized spacial score (nSPS) is 9.93. The fourth-order valence-electron chi connectivity index (χ4n) is 2.17. The predicted molar refractivity (Wildman–Crippen MR) is 102 cm³/mol. The van der Waals surface area contributed by atoms with E-state index >= 15 is 0 Å². The van der Waals surface area contributed by atoms with Gasteiger partial charge in [-0.25, -0.2) is 13.9 Å². The summed E-state index contributed by atoms with van der Waals surface area (Å²) < 4.78 is 11.2. The third kappa shape index (κ3) is 4.48. The summed E-state index contributed by atoms with van der Waals surface area (Å²) >= 11 is 4.18. The molecule has 0 unspecified atom stereocenters. The highest BCUT2D eigenvalue weighted by atomic mass is 32.1. The second kappa shape index (κ2) is 8.12. The Morgan fingerprint density at radius 1 is 1.11 bits per heavy atom. The summed E-state index contributed by atoms with van der Waals surface area (Å²) in [6.45, 7) is 0. The molecular weight excluding hydrogens is 366 g/mol. The van der Waals surface area contributed by atoms with Gasteiger partial charge in [-0.15, -0.1) is 0 Å². The molecule has 0 saturated carbocycles. The molecule has 134 valence electrons. The van der Waals surface area contributed by atoms with Crippen molar-refractivity contribution < 1.29 is 18.7 Å². The van der Waals surface area contributed by atoms with Crippen molar-refractivity contribution in [1.29, 1.82) is 5.26 Å². The monoisotopic (exact) mass is 379 g/mol. The van der Waals surface area contributed by atoms with Crippen molar-refractivity contribution in [3.63, 3.8) is 0 Å². The number of nitrogens with zero attached hydrogens (tertiary/aromatic N) is 2. The predicted octanol–water partition coefficient (Wildman–Crippen LogP) is 4.25. The summed E-state index contributed by atoms with van der Waals surface area (Å²) in [5.41, 5.74) is 1.37. The maximum atomic E-state index is 12.3. The van der Waals surface area contributed by atoms with Crippen LogP contribution in [0.25, 0.3) is 0 Å². The molecule has 0 aliphatic heterocycles. The molecule has 0 aliphatic rings. The zero-order chi connectivity index (χ0) is 19.2. The molecule has 1 aromatic heterocycles. The number of carbonyl (C=O) groups is 2. The van der Waals surface area contributed by atoms with Crippen molar-refractivity contribution in [1.82, 2.24) is 0 Å². The highest BCUT2D eigenvalue weighted by Gasteiger charge is 2.14. The number of rotatable bonds is 4. The van der Waals surface area contributed by atoms with Crippen LogP contribution in [0.3, 0.4) is 0 Å². The molecule has 0 aliphatic carbocycles. The van der Waals surface area contributed by atoms with Gasteiger partial charge < -0.3 is 14.5 Å². The molecule has 3 rings (SSSR count). The van der Waals surface area contributed by atoms with Crippen LogP contribution in [-0.2, 0) is 0 Å². The molecule has 1 N–H and O–H groups in total. The first-order valence-electron chi connectivity index (χ1n) is 7.73. The number of thiol groups is 1. The fourth-order valence-corrected chi connectivity index (χ4v) is 2.35. The molecule has 7 nitrogen and oxygen atoms in total. The van der Waals surface area contributed by atoms with E-state index in [2.05, 4.69) is 18.1 Å². The summed E-state index contributed by atoms with van der Waals surface area (Å²) in [4.78, 5) is 24.1. The first-order valence-corrected chi connectivity index (χ1v) is 8.13. The molecule has 0 saturated heterocycles. The molecular formula is C19H13N3O4S. The van der Waals surface area contributed by atoms with Crippen LogP contribution in [0, 0.1) is 11.3 Å². The van der Waals surface area contributed by atoms with Gasteiger partial charge in [-0.3, -0.25) is 0 Å². The number of benzene rings is 2. The van der Waals surface area contributed by atoms with E-state index < -0.39 is 12.0 Å². The topological polar surface area (TPSA) is 95.6 Å². The number of furan rings is 1. The van der Waals surface area contributed by atoms with E-state index in [1.54, 1.807) is 42.5 Å². The van der Waals surface area contributed by atoms with Gasteiger partial charge in [-0.1, -0.05) is 18.9 Å². The lowest BCUT2D eigenvalue weighted by molar-refractivity contribution is 0.0701. The second-order valence-corrected chi connectivity index (χ2v) is 5.70. The van der Waals surface area contributed by atoms with E-state index in [-0.39, 0.29) is 5.76 Å². The molecule has 0 fully saturated rings. The number of hydrogen-bond donors (Lipinski definition) is 2. The van der Waals surface area contributed by atoms with Gasteiger partial charge in [0, 0.05) is 5.69 Å². The summed E-state index contributed by atoms with van der Waals surface area (Å²) in [5, 5.41) is 11.5. The fraction of sp³-hybridized carbons (Fsp3) is 0. The van der Waals surface area contributed by atoms with E-state index in [1.165, 1.54) is 24.5 Å². The minimum absolute atomic E-state index is 0.0916. The van der Waals surface area contributed by atoms with Crippen molar-refractivity contribution in [3.8, 4) is 11.8 Å². The average molecular weight is 379 g/mol. The van der Waals surface area contributed by atoms with Crippen molar-refractivity contribution >= 4 is 36.2 Å². The van der Waals surface area contributed by atoms with Crippen molar-refractivity contribution in [2.45, 2.75) is 0 Å². The Kier molecular flexibility index (Phi) is 5.44. The lowest BCUT2D eigenvalue weighted by Gasteiger charge is -2.17. The summed E-state index contributed by atoms with van der Waals surface area (Å²) in [6.07, 6.45) is 1.38. The Balaban J connectivity index is 1.64. The van der Waals surface area contributed by atoms with Gasteiger partial charge in [0.05, 0.1) is 23.6 Å². The number of nitriles is 1. The Hall–Kier alpha value is -3.70. The van der Waals surface area contributed by atoms with Crippen molar-refractivity contribution in [3.05, 3.63) is 78.3 Å². The van der Waals surface area contributed by atoms with E-state index in [9.17, 15) is 9.59 Å². The lowest BCUT2D eigenvalue weighted by Crippen LogP contribution is -2.26. The minimum Gasteiger partial charge on any atom is -0.457 e. The zero-order valence-corrected chi connectivity index (χ0v) is 14.7. The summed E-state index contributed by atoms with van der Waals surface area (Å²) in [6, 6.07) is 17.3. The van der Waals surface area contributed by atoms with Crippen LogP contribution in [-0.4, -0.2) is 12.0 Å². The Labute approximate surface area is 160 Å². The number of carbonyl (C=O) groups excluding carboxylic acids is 2. The number of amides is 2. The number of urea groups is 1. The van der Waals surface area contributed by atoms with Crippen LogP contribution in [0.4, 0.5) is 16.2 Å². The summed E-state index contributed by atoms with van der Waals surface area (Å²) in [7, 11) is 0. The van der Waals surface area contributed by atoms with Gasteiger partial charge in [0.1, 0.15) is 5.75 Å². The molecule has 27 heavy (non-hydrogen) atoms. The van der Waals surface area contributed by atoms with Gasteiger partial charge in [-0.2, -0.15) is 5.26 Å². The van der Waals surface area contributed by atoms with Gasteiger partial charge in [0.25, 0.3) is 0 Å². The van der Waals surface area contributed by atoms with Gasteiger partial charge in [0.2, 0.25) is 5.76 Å². The van der Waals surface area contributed by atoms with E-state index in [4.69, 9.17) is 14.4 Å². The molecule has 0 spiro atoms. The second-order valence-electron chi connectivity index (χ2n) is 5.30. The standard InChI is InChI=1S/C19H13N3O4S/c20-12-13-3-1-4-14(11-13)21-19(24)22(27)15-6-8-16(9-7-15)26-18(23)17-5-2-10-25-17/h1-11,27H,(H,21,24). The zero-order valence-electron chi connectivity index (χ0n) is 13.8. The van der Waals surface area contributed by atoms with Crippen molar-refractivity contribution in [2.24, 2.45) is 0 Å². The quantitative estimate of drug-likeness (QED) is 0.401. The van der Waals surface area contributed by atoms with Gasteiger partial charge in [0.15, 0.2) is 0 Å². The van der Waals surface area contributed by atoms with E-state index in [0.29, 0.717) is 22.7 Å². The highest BCUT2D eigenvalue weighted by molar-refractivity contribution is 7.82. The number of esters is 1. The minimum atomic E-state index is -0.620. The maximum Gasteiger partial charge on any atom is 0.379 e. The lowest BCUT2D eigenvalue weighted by atomic mass is 10.2. The first-order chi connectivity index (χ1) is 13.1. The first kappa shape index (κ1) is 18.1. The number of hydrogen-bond acceptors (Lipinski definition) is 6. The Morgan fingerprint density at radius 2 is 1.89 bits per heavy atom. The highest BCUT2D eigenvalue weighted by Crippen LogP contribution is 2.23. The van der Waals surface area contributed by atoms with Gasteiger partial charge in [-0.05, 0) is 54.6 Å². The molecule has 8 heteroatoms. The smallest absolute Gasteiger partial charge is 0.379 e. The Bertz CT molecular complexity index is 995. The van der Waals surface area contributed by atoms with E-state index in [1.807, 2.05) is 6.07 Å². The van der Waals surface area contributed by atoms with Crippen LogP contribution in [0.15, 0.2) is 71.3 Å². The van der Waals surface area contributed by atoms with Crippen LogP contribution in [0.5, 0.6) is 5.75 Å². The third-order valence-electron chi connectivity index (χ3n) is 3.45. The van der Waals surface area contributed by atoms with E-state index in [0.717, 1.165) is 4.31 Å². The molecule has 0 atom stereocenters. The SMILES string of the molecule is N#Cc1cccc(NC(=O)N(S)c2ccc(OC(=O)c3ccco3)cc2)c1. The molecule has 0 bridgehead atoms.